The number of amides is 1. The molecule has 0 heterocycles. The zero-order valence-corrected chi connectivity index (χ0v) is 11.1. The molecule has 0 aromatic heterocycles. The average molecular weight is 272 g/mol. The standard InChI is InChI=1S/C12H17FN2O2S/c1-2-3-6-18(17)8-12(16)15-11-5-4-9(13)7-10(11)14/h4-5,7H,2-3,6,8,14H2,1H3,(H,15,16). The fraction of sp³-hybridized carbons (Fsp3) is 0.417. The molecule has 1 aromatic carbocycles. The molecule has 0 saturated heterocycles. The molecule has 1 atom stereocenters. The van der Waals surface area contributed by atoms with Crippen molar-refractivity contribution in [3.63, 3.8) is 0 Å². The minimum absolute atomic E-state index is 0.0587. The Kier molecular flexibility index (Phi) is 5.77. The van der Waals surface area contributed by atoms with Gasteiger partial charge in [-0.1, -0.05) is 13.3 Å². The Balaban J connectivity index is 2.51. The number of hydrogen-bond acceptors (Lipinski definition) is 3. The number of rotatable bonds is 6. The van der Waals surface area contributed by atoms with Crippen molar-refractivity contribution >= 4 is 28.1 Å². The van der Waals surface area contributed by atoms with Crippen LogP contribution in [-0.2, 0) is 15.6 Å². The summed E-state index contributed by atoms with van der Waals surface area (Å²) in [7, 11) is -1.16. The molecule has 0 bridgehead atoms. The first-order valence-electron chi connectivity index (χ1n) is 5.72. The van der Waals surface area contributed by atoms with Crippen molar-refractivity contribution in [1.29, 1.82) is 0 Å². The SMILES string of the molecule is CCCCS(=O)CC(=O)Nc1ccc(F)cc1N. The van der Waals surface area contributed by atoms with Crippen molar-refractivity contribution in [3.05, 3.63) is 24.0 Å². The number of carbonyl (C=O) groups excluding carboxylic acids is 1. The third-order valence-electron chi connectivity index (χ3n) is 2.31. The van der Waals surface area contributed by atoms with Gasteiger partial charge >= 0.3 is 0 Å². The highest BCUT2D eigenvalue weighted by Gasteiger charge is 2.09. The van der Waals surface area contributed by atoms with E-state index in [0.29, 0.717) is 11.4 Å². The van der Waals surface area contributed by atoms with E-state index in [2.05, 4.69) is 5.32 Å². The van der Waals surface area contributed by atoms with E-state index < -0.39 is 16.6 Å². The summed E-state index contributed by atoms with van der Waals surface area (Å²) in [5, 5.41) is 2.52. The third-order valence-corrected chi connectivity index (χ3v) is 3.63. The fourth-order valence-electron chi connectivity index (χ4n) is 1.36. The molecule has 0 saturated carbocycles. The average Bonchev–Trinajstić information content (AvgIpc) is 2.30. The molecular weight excluding hydrogens is 255 g/mol. The molecule has 0 fully saturated rings. The van der Waals surface area contributed by atoms with E-state index in [1.807, 2.05) is 6.92 Å². The van der Waals surface area contributed by atoms with E-state index >= 15 is 0 Å². The van der Waals surface area contributed by atoms with Crippen LogP contribution < -0.4 is 11.1 Å². The van der Waals surface area contributed by atoms with Gasteiger partial charge in [0, 0.05) is 16.6 Å². The van der Waals surface area contributed by atoms with Crippen molar-refractivity contribution in [3.8, 4) is 0 Å². The lowest BCUT2D eigenvalue weighted by Crippen LogP contribution is -2.21. The maximum atomic E-state index is 12.8. The van der Waals surface area contributed by atoms with Gasteiger partial charge in [-0.2, -0.15) is 0 Å². The number of benzene rings is 1. The Morgan fingerprint density at radius 2 is 2.22 bits per heavy atom. The van der Waals surface area contributed by atoms with Gasteiger partial charge in [0.15, 0.2) is 0 Å². The largest absolute Gasteiger partial charge is 0.397 e. The molecular formula is C12H17FN2O2S. The first-order valence-corrected chi connectivity index (χ1v) is 7.21. The van der Waals surface area contributed by atoms with Gasteiger partial charge in [-0.3, -0.25) is 9.00 Å². The van der Waals surface area contributed by atoms with Gasteiger partial charge in [0.2, 0.25) is 5.91 Å². The number of halogens is 1. The number of nitrogens with two attached hydrogens (primary N) is 1. The highest BCUT2D eigenvalue weighted by atomic mass is 32.2. The second kappa shape index (κ2) is 7.10. The van der Waals surface area contributed by atoms with Gasteiger partial charge in [-0.05, 0) is 24.6 Å². The highest BCUT2D eigenvalue weighted by molar-refractivity contribution is 7.85. The summed E-state index contributed by atoms with van der Waals surface area (Å²) in [5.74, 6) is -0.376. The predicted molar refractivity (Wildman–Crippen MR) is 72.2 cm³/mol. The number of nitrogen functional groups attached to an aromatic ring is 1. The van der Waals surface area contributed by atoms with Crippen LogP contribution in [0, 0.1) is 5.82 Å². The lowest BCUT2D eigenvalue weighted by atomic mass is 10.2. The molecule has 4 nitrogen and oxygen atoms in total. The Labute approximate surface area is 108 Å². The molecule has 0 aliphatic rings. The first-order chi connectivity index (χ1) is 8.52. The van der Waals surface area contributed by atoms with E-state index in [1.165, 1.54) is 12.1 Å². The Morgan fingerprint density at radius 1 is 1.50 bits per heavy atom. The van der Waals surface area contributed by atoms with Crippen LogP contribution >= 0.6 is 0 Å². The highest BCUT2D eigenvalue weighted by Crippen LogP contribution is 2.18. The summed E-state index contributed by atoms with van der Waals surface area (Å²) in [4.78, 5) is 11.6. The van der Waals surface area contributed by atoms with E-state index in [1.54, 1.807) is 0 Å². The van der Waals surface area contributed by atoms with Crippen molar-refractivity contribution in [1.82, 2.24) is 0 Å². The summed E-state index contributed by atoms with van der Waals surface area (Å²) in [6, 6.07) is 3.72. The monoisotopic (exact) mass is 272 g/mol. The minimum Gasteiger partial charge on any atom is -0.397 e. The van der Waals surface area contributed by atoms with Gasteiger partial charge in [-0.15, -0.1) is 0 Å². The molecule has 1 unspecified atom stereocenters. The van der Waals surface area contributed by atoms with E-state index in [-0.39, 0.29) is 17.3 Å². The van der Waals surface area contributed by atoms with Crippen LogP contribution in [0.1, 0.15) is 19.8 Å². The summed E-state index contributed by atoms with van der Waals surface area (Å²) in [6.07, 6.45) is 1.77. The molecule has 1 aromatic rings. The quantitative estimate of drug-likeness (QED) is 0.777. The topological polar surface area (TPSA) is 72.2 Å². The zero-order valence-electron chi connectivity index (χ0n) is 10.2. The second-order valence-corrected chi connectivity index (χ2v) is 5.50. The van der Waals surface area contributed by atoms with Crippen LogP contribution in [0.3, 0.4) is 0 Å². The molecule has 0 aliphatic carbocycles. The van der Waals surface area contributed by atoms with E-state index in [9.17, 15) is 13.4 Å². The molecule has 18 heavy (non-hydrogen) atoms. The Bertz CT molecular complexity index is 452. The van der Waals surface area contributed by atoms with Gasteiger partial charge in [0.05, 0.1) is 11.4 Å². The molecule has 1 amide bonds. The van der Waals surface area contributed by atoms with Gasteiger partial charge in [0.1, 0.15) is 11.6 Å². The van der Waals surface area contributed by atoms with Gasteiger partial charge in [-0.25, -0.2) is 4.39 Å². The molecule has 3 N–H and O–H groups in total. The maximum Gasteiger partial charge on any atom is 0.237 e. The van der Waals surface area contributed by atoms with Crippen LogP contribution in [0.5, 0.6) is 0 Å². The zero-order chi connectivity index (χ0) is 13.5. The number of anilines is 2. The summed E-state index contributed by atoms with van der Waals surface area (Å²) >= 11 is 0. The van der Waals surface area contributed by atoms with Crippen molar-refractivity contribution in [2.45, 2.75) is 19.8 Å². The van der Waals surface area contributed by atoms with Crippen molar-refractivity contribution < 1.29 is 13.4 Å². The van der Waals surface area contributed by atoms with Gasteiger partial charge in [0.25, 0.3) is 0 Å². The third kappa shape index (κ3) is 4.83. The Hall–Kier alpha value is -1.43. The number of nitrogens with one attached hydrogen (secondary N) is 1. The molecule has 6 heteroatoms. The fourth-order valence-corrected chi connectivity index (χ4v) is 2.48. The first kappa shape index (κ1) is 14.6. The summed E-state index contributed by atoms with van der Waals surface area (Å²) in [5.41, 5.74) is 6.05. The predicted octanol–water partition coefficient (Wildman–Crippen LogP) is 1.90. The molecule has 0 spiro atoms. The lowest BCUT2D eigenvalue weighted by Gasteiger charge is -2.08. The maximum absolute atomic E-state index is 12.8. The minimum atomic E-state index is -1.16. The van der Waals surface area contributed by atoms with Crippen molar-refractivity contribution in [2.24, 2.45) is 0 Å². The molecule has 1 rings (SSSR count). The van der Waals surface area contributed by atoms with E-state index in [0.717, 1.165) is 18.9 Å². The number of carbonyl (C=O) groups is 1. The summed E-state index contributed by atoms with van der Waals surface area (Å²) in [6.45, 7) is 2.00. The molecule has 0 aliphatic heterocycles. The van der Waals surface area contributed by atoms with Gasteiger partial charge < -0.3 is 11.1 Å². The van der Waals surface area contributed by atoms with E-state index in [4.69, 9.17) is 5.73 Å². The van der Waals surface area contributed by atoms with Crippen LogP contribution in [-0.4, -0.2) is 21.6 Å². The normalized spacial score (nSPS) is 12.1. The summed E-state index contributed by atoms with van der Waals surface area (Å²) < 4.78 is 24.3. The van der Waals surface area contributed by atoms with Crippen LogP contribution in [0.2, 0.25) is 0 Å². The number of unbranched alkanes of at least 4 members (excludes halogenated alkanes) is 1. The number of hydrogen-bond donors (Lipinski definition) is 2. The Morgan fingerprint density at radius 3 is 2.83 bits per heavy atom. The van der Waals surface area contributed by atoms with Crippen LogP contribution in [0.25, 0.3) is 0 Å². The lowest BCUT2D eigenvalue weighted by molar-refractivity contribution is -0.113. The van der Waals surface area contributed by atoms with Crippen LogP contribution in [0.4, 0.5) is 15.8 Å². The van der Waals surface area contributed by atoms with Crippen LogP contribution in [0.15, 0.2) is 18.2 Å². The molecule has 100 valence electrons. The van der Waals surface area contributed by atoms with Crippen molar-refractivity contribution in [2.75, 3.05) is 22.6 Å². The second-order valence-electron chi connectivity index (χ2n) is 3.92. The smallest absolute Gasteiger partial charge is 0.237 e. The molecule has 0 radical (unpaired) electrons.